The Morgan fingerprint density at radius 3 is 1.33 bits per heavy atom. The minimum Gasteiger partial charge on any atom is -0.289 e. The number of allylic oxidation sites excluding steroid dienone is 2. The molecule has 0 amide bonds. The summed E-state index contributed by atoms with van der Waals surface area (Å²) in [6.07, 6.45) is 0. The van der Waals surface area contributed by atoms with E-state index in [4.69, 9.17) is 0 Å². The molecule has 1 nitrogen and oxygen atoms in total. The van der Waals surface area contributed by atoms with Crippen molar-refractivity contribution in [2.75, 3.05) is 0 Å². The van der Waals surface area contributed by atoms with Crippen LogP contribution in [0, 0.1) is 11.8 Å². The van der Waals surface area contributed by atoms with Gasteiger partial charge < -0.3 is 0 Å². The fourth-order valence-corrected chi connectivity index (χ4v) is 0.731. The summed E-state index contributed by atoms with van der Waals surface area (Å²) >= 11 is 0. The molecule has 0 aromatic heterocycles. The molecular formula is C11H18O. The first-order chi connectivity index (χ1) is 5.37. The van der Waals surface area contributed by atoms with Gasteiger partial charge in [-0.2, -0.15) is 0 Å². The highest BCUT2D eigenvalue weighted by Gasteiger charge is 2.15. The first-order valence-electron chi connectivity index (χ1n) is 4.30. The van der Waals surface area contributed by atoms with Gasteiger partial charge in [-0.1, -0.05) is 40.9 Å². The molecule has 0 fully saturated rings. The third-order valence-corrected chi connectivity index (χ3v) is 1.98. The van der Waals surface area contributed by atoms with Crippen LogP contribution in [-0.4, -0.2) is 5.78 Å². The molecule has 0 bridgehead atoms. The van der Waals surface area contributed by atoms with Gasteiger partial charge in [-0.05, 0) is 23.0 Å². The van der Waals surface area contributed by atoms with E-state index in [9.17, 15) is 4.79 Å². The molecule has 0 unspecified atom stereocenters. The van der Waals surface area contributed by atoms with E-state index < -0.39 is 0 Å². The van der Waals surface area contributed by atoms with Gasteiger partial charge in [0.25, 0.3) is 0 Å². The molecule has 68 valence electrons. The first kappa shape index (κ1) is 11.2. The van der Waals surface area contributed by atoms with E-state index in [1.165, 1.54) is 0 Å². The molecule has 0 N–H and O–H groups in total. The van der Waals surface area contributed by atoms with Crippen molar-refractivity contribution >= 4 is 5.78 Å². The second kappa shape index (κ2) is 4.24. The van der Waals surface area contributed by atoms with Crippen LogP contribution in [0.4, 0.5) is 0 Å². The van der Waals surface area contributed by atoms with Crippen LogP contribution in [0.15, 0.2) is 24.3 Å². The van der Waals surface area contributed by atoms with Crippen LogP contribution < -0.4 is 0 Å². The zero-order valence-corrected chi connectivity index (χ0v) is 8.48. The molecule has 0 aliphatic rings. The van der Waals surface area contributed by atoms with E-state index in [1.807, 2.05) is 27.7 Å². The molecule has 1 heteroatoms. The lowest BCUT2D eigenvalue weighted by Gasteiger charge is -2.12. The highest BCUT2D eigenvalue weighted by molar-refractivity contribution is 6.07. The van der Waals surface area contributed by atoms with Crippen LogP contribution in [-0.2, 0) is 4.79 Å². The Bertz CT molecular complexity index is 187. The Morgan fingerprint density at radius 2 is 1.17 bits per heavy atom. The summed E-state index contributed by atoms with van der Waals surface area (Å²) < 4.78 is 0. The maximum Gasteiger partial charge on any atom is 0.184 e. The van der Waals surface area contributed by atoms with E-state index in [0.29, 0.717) is 11.1 Å². The average Bonchev–Trinajstić information content (AvgIpc) is 2.00. The standard InChI is InChI=1S/C11H18O/c1-7(2)9(5)11(12)10(6)8(3)4/h7-8H,5-6H2,1-4H3. The zero-order chi connectivity index (χ0) is 9.89. The largest absolute Gasteiger partial charge is 0.289 e. The predicted octanol–water partition coefficient (Wildman–Crippen LogP) is 2.98. The van der Waals surface area contributed by atoms with Crippen molar-refractivity contribution in [1.29, 1.82) is 0 Å². The van der Waals surface area contributed by atoms with Gasteiger partial charge in [-0.25, -0.2) is 0 Å². The Balaban J connectivity index is 4.41. The molecule has 0 aromatic rings. The summed E-state index contributed by atoms with van der Waals surface area (Å²) in [5, 5.41) is 0. The summed E-state index contributed by atoms with van der Waals surface area (Å²) in [4.78, 5) is 11.5. The minimum absolute atomic E-state index is 0.0278. The lowest BCUT2D eigenvalue weighted by atomic mass is 9.91. The quantitative estimate of drug-likeness (QED) is 0.587. The molecular weight excluding hydrogens is 148 g/mol. The Kier molecular flexibility index (Phi) is 3.94. The Morgan fingerprint density at radius 1 is 0.917 bits per heavy atom. The van der Waals surface area contributed by atoms with Crippen molar-refractivity contribution in [3.63, 3.8) is 0 Å². The maximum absolute atomic E-state index is 11.5. The number of Topliss-reactive ketones (excluding diaryl/α,β-unsaturated/α-hetero) is 1. The molecule has 0 heterocycles. The molecule has 0 saturated heterocycles. The number of hydrogen-bond acceptors (Lipinski definition) is 1. The van der Waals surface area contributed by atoms with Gasteiger partial charge >= 0.3 is 0 Å². The van der Waals surface area contributed by atoms with Gasteiger partial charge in [0.2, 0.25) is 0 Å². The number of carbonyl (C=O) groups is 1. The van der Waals surface area contributed by atoms with Crippen molar-refractivity contribution < 1.29 is 4.79 Å². The first-order valence-corrected chi connectivity index (χ1v) is 4.30. The topological polar surface area (TPSA) is 17.1 Å². The summed E-state index contributed by atoms with van der Waals surface area (Å²) in [5.41, 5.74) is 1.32. The molecule has 0 atom stereocenters. The van der Waals surface area contributed by atoms with E-state index in [2.05, 4.69) is 13.2 Å². The summed E-state index contributed by atoms with van der Waals surface area (Å²) in [6, 6.07) is 0. The van der Waals surface area contributed by atoms with E-state index in [1.54, 1.807) is 0 Å². The highest BCUT2D eigenvalue weighted by atomic mass is 16.1. The molecule has 0 radical (unpaired) electrons. The molecule has 12 heavy (non-hydrogen) atoms. The van der Waals surface area contributed by atoms with Crippen LogP contribution >= 0.6 is 0 Å². The van der Waals surface area contributed by atoms with E-state index in [0.717, 1.165) is 0 Å². The van der Waals surface area contributed by atoms with Gasteiger partial charge in [0, 0.05) is 0 Å². The molecule has 0 aliphatic heterocycles. The summed E-state index contributed by atoms with van der Waals surface area (Å²) in [6.45, 7) is 15.4. The summed E-state index contributed by atoms with van der Waals surface area (Å²) in [5.74, 6) is 0.459. The minimum atomic E-state index is 0.0278. The van der Waals surface area contributed by atoms with E-state index >= 15 is 0 Å². The van der Waals surface area contributed by atoms with Gasteiger partial charge in [-0.15, -0.1) is 0 Å². The average molecular weight is 166 g/mol. The van der Waals surface area contributed by atoms with Crippen molar-refractivity contribution in [2.24, 2.45) is 11.8 Å². The van der Waals surface area contributed by atoms with Crippen LogP contribution in [0.1, 0.15) is 27.7 Å². The van der Waals surface area contributed by atoms with Gasteiger partial charge in [0.1, 0.15) is 0 Å². The van der Waals surface area contributed by atoms with Gasteiger partial charge in [-0.3, -0.25) is 4.79 Å². The predicted molar refractivity (Wildman–Crippen MR) is 53.0 cm³/mol. The highest BCUT2D eigenvalue weighted by Crippen LogP contribution is 2.17. The maximum atomic E-state index is 11.5. The molecule has 0 spiro atoms. The van der Waals surface area contributed by atoms with Crippen LogP contribution in [0.25, 0.3) is 0 Å². The van der Waals surface area contributed by atoms with Crippen molar-refractivity contribution in [3.8, 4) is 0 Å². The zero-order valence-electron chi connectivity index (χ0n) is 8.48. The third kappa shape index (κ3) is 2.65. The van der Waals surface area contributed by atoms with Crippen molar-refractivity contribution in [3.05, 3.63) is 24.3 Å². The second-order valence-electron chi connectivity index (χ2n) is 3.69. The van der Waals surface area contributed by atoms with Crippen molar-refractivity contribution in [2.45, 2.75) is 27.7 Å². The van der Waals surface area contributed by atoms with Crippen molar-refractivity contribution in [1.82, 2.24) is 0 Å². The van der Waals surface area contributed by atoms with Crippen LogP contribution in [0.5, 0.6) is 0 Å². The number of hydrogen-bond donors (Lipinski definition) is 0. The monoisotopic (exact) mass is 166 g/mol. The molecule has 0 saturated carbocycles. The van der Waals surface area contributed by atoms with Gasteiger partial charge in [0.05, 0.1) is 0 Å². The smallest absolute Gasteiger partial charge is 0.184 e. The van der Waals surface area contributed by atoms with Crippen LogP contribution in [0.2, 0.25) is 0 Å². The van der Waals surface area contributed by atoms with E-state index in [-0.39, 0.29) is 17.6 Å². The lowest BCUT2D eigenvalue weighted by Crippen LogP contribution is -2.12. The lowest BCUT2D eigenvalue weighted by molar-refractivity contribution is -0.113. The Labute approximate surface area is 75.2 Å². The Hall–Kier alpha value is -0.850. The van der Waals surface area contributed by atoms with Crippen LogP contribution in [0.3, 0.4) is 0 Å². The second-order valence-corrected chi connectivity index (χ2v) is 3.69. The normalized spacial score (nSPS) is 10.5. The number of carbonyl (C=O) groups excluding carboxylic acids is 1. The molecule has 0 rings (SSSR count). The number of rotatable bonds is 4. The fraction of sp³-hybridized carbons (Fsp3) is 0.545. The summed E-state index contributed by atoms with van der Waals surface area (Å²) in [7, 11) is 0. The molecule has 0 aromatic carbocycles. The fourth-order valence-electron chi connectivity index (χ4n) is 0.731. The SMILES string of the molecule is C=C(C(=O)C(=C)C(C)C)C(C)C. The third-order valence-electron chi connectivity index (χ3n) is 1.98. The van der Waals surface area contributed by atoms with Gasteiger partial charge in [0.15, 0.2) is 5.78 Å². The number of ketones is 1. The molecule has 0 aliphatic carbocycles.